The van der Waals surface area contributed by atoms with Gasteiger partial charge >= 0.3 is 0 Å². The first-order valence-electron chi connectivity index (χ1n) is 5.09. The van der Waals surface area contributed by atoms with Gasteiger partial charge in [0.1, 0.15) is 0 Å². The molecule has 1 aliphatic rings. The van der Waals surface area contributed by atoms with Gasteiger partial charge in [-0.2, -0.15) is 0 Å². The van der Waals surface area contributed by atoms with Crippen LogP contribution in [-0.4, -0.2) is 48.8 Å². The zero-order valence-corrected chi connectivity index (χ0v) is 9.32. The van der Waals surface area contributed by atoms with Gasteiger partial charge in [0.15, 0.2) is 0 Å². The predicted molar refractivity (Wildman–Crippen MR) is 55.9 cm³/mol. The molecule has 0 atom stereocenters. The Hall–Kier alpha value is -1.06. The highest BCUT2D eigenvalue weighted by atomic mass is 16.2. The maximum absolute atomic E-state index is 10.5. The van der Waals surface area contributed by atoms with Crippen molar-refractivity contribution in [2.75, 3.05) is 26.7 Å². The highest BCUT2D eigenvalue weighted by Crippen LogP contribution is 2.04. The fraction of sp³-hybridized carbons (Fsp3) is 0.800. The Balaban J connectivity index is 0.000000241. The fourth-order valence-electron chi connectivity index (χ4n) is 1.16. The Morgan fingerprint density at radius 2 is 2.00 bits per heavy atom. The van der Waals surface area contributed by atoms with Gasteiger partial charge in [0.25, 0.3) is 0 Å². The molecule has 0 unspecified atom stereocenters. The molecule has 4 heteroatoms. The summed E-state index contributed by atoms with van der Waals surface area (Å²) >= 11 is 0. The average Bonchev–Trinajstić information content (AvgIpc) is 2.55. The lowest BCUT2D eigenvalue weighted by Gasteiger charge is -2.08. The number of nitrogens with zero attached hydrogens (tertiary/aromatic N) is 2. The number of amides is 2. The third-order valence-electron chi connectivity index (χ3n) is 2.27. The van der Waals surface area contributed by atoms with E-state index >= 15 is 0 Å². The minimum atomic E-state index is 0.292. The van der Waals surface area contributed by atoms with Gasteiger partial charge in [-0.1, -0.05) is 0 Å². The topological polar surface area (TPSA) is 40.6 Å². The van der Waals surface area contributed by atoms with Crippen LogP contribution in [0.3, 0.4) is 0 Å². The molecule has 1 fully saturated rings. The molecule has 1 rings (SSSR count). The second-order valence-corrected chi connectivity index (χ2v) is 3.25. The minimum Gasteiger partial charge on any atom is -0.346 e. The van der Waals surface area contributed by atoms with Crippen molar-refractivity contribution in [3.8, 4) is 0 Å². The molecule has 0 bridgehead atoms. The van der Waals surface area contributed by atoms with Crippen molar-refractivity contribution >= 4 is 12.3 Å². The largest absolute Gasteiger partial charge is 0.346 e. The first kappa shape index (κ1) is 12.9. The molecule has 0 aromatic carbocycles. The molecule has 1 saturated heterocycles. The van der Waals surface area contributed by atoms with Gasteiger partial charge in [0.2, 0.25) is 12.3 Å². The van der Waals surface area contributed by atoms with Crippen LogP contribution in [0.4, 0.5) is 0 Å². The molecule has 82 valence electrons. The second kappa shape index (κ2) is 7.35. The second-order valence-electron chi connectivity index (χ2n) is 3.25. The molecule has 0 N–H and O–H groups in total. The molecular formula is C10H20N2O2. The van der Waals surface area contributed by atoms with E-state index in [-0.39, 0.29) is 0 Å². The molecule has 0 aromatic rings. The smallest absolute Gasteiger partial charge is 0.222 e. The zero-order valence-electron chi connectivity index (χ0n) is 9.32. The first-order chi connectivity index (χ1) is 6.65. The van der Waals surface area contributed by atoms with Crippen LogP contribution in [0.5, 0.6) is 0 Å². The molecule has 0 saturated carbocycles. The van der Waals surface area contributed by atoms with Gasteiger partial charge in [0.05, 0.1) is 0 Å². The van der Waals surface area contributed by atoms with Gasteiger partial charge in [-0.15, -0.1) is 0 Å². The summed E-state index contributed by atoms with van der Waals surface area (Å²) in [4.78, 5) is 23.9. The summed E-state index contributed by atoms with van der Waals surface area (Å²) in [7, 11) is 1.84. The van der Waals surface area contributed by atoms with E-state index in [4.69, 9.17) is 0 Å². The highest BCUT2D eigenvalue weighted by Gasteiger charge is 2.14. The van der Waals surface area contributed by atoms with Gasteiger partial charge in [0, 0.05) is 33.1 Å². The number of carbonyl (C=O) groups is 2. The molecule has 1 heterocycles. The number of hydrogen-bond acceptors (Lipinski definition) is 2. The Labute approximate surface area is 85.9 Å². The van der Waals surface area contributed by atoms with E-state index in [9.17, 15) is 9.59 Å². The lowest BCUT2D eigenvalue weighted by Crippen LogP contribution is -2.19. The maximum atomic E-state index is 10.5. The van der Waals surface area contributed by atoms with Crippen LogP contribution in [0.2, 0.25) is 0 Å². The van der Waals surface area contributed by atoms with Crippen LogP contribution in [0, 0.1) is 0 Å². The van der Waals surface area contributed by atoms with E-state index in [1.165, 1.54) is 0 Å². The Kier molecular flexibility index (Phi) is 6.80. The predicted octanol–water partition coefficient (Wildman–Crippen LogP) is 0.723. The van der Waals surface area contributed by atoms with Crippen molar-refractivity contribution in [3.05, 3.63) is 0 Å². The lowest BCUT2D eigenvalue weighted by atomic mass is 10.4. The molecule has 1 aliphatic heterocycles. The van der Waals surface area contributed by atoms with Crippen LogP contribution in [-0.2, 0) is 9.59 Å². The van der Waals surface area contributed by atoms with Crippen molar-refractivity contribution < 1.29 is 9.59 Å². The summed E-state index contributed by atoms with van der Waals surface area (Å²) in [5.74, 6) is 0.292. The molecule has 0 radical (unpaired) electrons. The standard InChI is InChI=1S/C5H9NO.C5H11NO/c1-6-4-2-3-5(6)7;1-3-6(4-2)5-7/h2-4H2,1H3;5H,3-4H2,1-2H3. The normalized spacial score (nSPS) is 14.8. The highest BCUT2D eigenvalue weighted by molar-refractivity contribution is 5.77. The van der Waals surface area contributed by atoms with E-state index in [1.807, 2.05) is 20.9 Å². The summed E-state index contributed by atoms with van der Waals surface area (Å²) in [5.41, 5.74) is 0. The number of likely N-dealkylation sites (tertiary alicyclic amines) is 1. The first-order valence-corrected chi connectivity index (χ1v) is 5.09. The van der Waals surface area contributed by atoms with Crippen molar-refractivity contribution in [3.63, 3.8) is 0 Å². The summed E-state index contributed by atoms with van der Waals surface area (Å²) in [6, 6.07) is 0. The van der Waals surface area contributed by atoms with Crippen LogP contribution in [0.25, 0.3) is 0 Å². The van der Waals surface area contributed by atoms with Crippen molar-refractivity contribution in [2.24, 2.45) is 0 Å². The summed E-state index contributed by atoms with van der Waals surface area (Å²) < 4.78 is 0. The van der Waals surface area contributed by atoms with E-state index in [0.717, 1.165) is 38.9 Å². The summed E-state index contributed by atoms with van der Waals surface area (Å²) in [5, 5.41) is 0. The summed E-state index contributed by atoms with van der Waals surface area (Å²) in [6.07, 6.45) is 2.67. The quantitative estimate of drug-likeness (QED) is 0.630. The van der Waals surface area contributed by atoms with Crippen molar-refractivity contribution in [1.29, 1.82) is 0 Å². The van der Waals surface area contributed by atoms with Gasteiger partial charge in [-0.3, -0.25) is 9.59 Å². The van der Waals surface area contributed by atoms with Crippen LogP contribution < -0.4 is 0 Å². The molecule has 0 spiro atoms. The number of hydrogen-bond donors (Lipinski definition) is 0. The van der Waals surface area contributed by atoms with E-state index in [2.05, 4.69) is 0 Å². The Morgan fingerprint density at radius 1 is 1.43 bits per heavy atom. The van der Waals surface area contributed by atoms with Gasteiger partial charge < -0.3 is 9.80 Å². The molecule has 2 amide bonds. The van der Waals surface area contributed by atoms with Crippen molar-refractivity contribution in [2.45, 2.75) is 26.7 Å². The molecular weight excluding hydrogens is 180 g/mol. The molecule has 0 aromatic heterocycles. The van der Waals surface area contributed by atoms with Crippen LogP contribution >= 0.6 is 0 Å². The van der Waals surface area contributed by atoms with Crippen molar-refractivity contribution in [1.82, 2.24) is 9.80 Å². The van der Waals surface area contributed by atoms with Gasteiger partial charge in [-0.25, -0.2) is 0 Å². The Morgan fingerprint density at radius 3 is 2.07 bits per heavy atom. The summed E-state index contributed by atoms with van der Waals surface area (Å²) in [6.45, 7) is 6.51. The molecule has 4 nitrogen and oxygen atoms in total. The maximum Gasteiger partial charge on any atom is 0.222 e. The zero-order chi connectivity index (χ0) is 11.0. The third-order valence-corrected chi connectivity index (χ3v) is 2.27. The fourth-order valence-corrected chi connectivity index (χ4v) is 1.16. The molecule has 0 aliphatic carbocycles. The number of rotatable bonds is 3. The number of carbonyl (C=O) groups excluding carboxylic acids is 2. The van der Waals surface area contributed by atoms with E-state index in [1.54, 1.807) is 9.80 Å². The Bertz CT molecular complexity index is 179. The third kappa shape index (κ3) is 4.84. The van der Waals surface area contributed by atoms with Crippen LogP contribution in [0.1, 0.15) is 26.7 Å². The van der Waals surface area contributed by atoms with Gasteiger partial charge in [-0.05, 0) is 20.3 Å². The monoisotopic (exact) mass is 200 g/mol. The molecule has 14 heavy (non-hydrogen) atoms. The lowest BCUT2D eigenvalue weighted by molar-refractivity contribution is -0.126. The van der Waals surface area contributed by atoms with Crippen LogP contribution in [0.15, 0.2) is 0 Å². The SMILES string of the molecule is CCN(C=O)CC.CN1CCCC1=O. The minimum absolute atomic E-state index is 0.292. The van der Waals surface area contributed by atoms with E-state index in [0.29, 0.717) is 5.91 Å². The average molecular weight is 200 g/mol. The van der Waals surface area contributed by atoms with E-state index < -0.39 is 0 Å².